The first-order chi connectivity index (χ1) is 17.3. The number of imide groups is 2. The maximum Gasteiger partial charge on any atom is 0.338 e. The van der Waals surface area contributed by atoms with Crippen LogP contribution in [0, 0.1) is 13.8 Å². The lowest BCUT2D eigenvalue weighted by Crippen LogP contribution is -2.53. The lowest BCUT2D eigenvalue weighted by atomic mass is 10.1. The topological polar surface area (TPSA) is 111 Å². The molecule has 36 heavy (non-hydrogen) atoms. The molecular formula is C27H27N3O6. The number of nitrogens with zero attached hydrogens (tertiary/aromatic N) is 2. The predicted octanol–water partition coefficient (Wildman–Crippen LogP) is 4.31. The van der Waals surface area contributed by atoms with Crippen molar-refractivity contribution in [3.8, 4) is 5.69 Å². The molecule has 3 heterocycles. The monoisotopic (exact) mass is 489 g/mol. The number of carbonyl (C=O) groups excluding carboxylic acids is 4. The Morgan fingerprint density at radius 2 is 1.86 bits per heavy atom. The van der Waals surface area contributed by atoms with Gasteiger partial charge in [-0.1, -0.05) is 13.3 Å². The van der Waals surface area contributed by atoms with Crippen LogP contribution in [0.5, 0.6) is 0 Å². The second-order valence-corrected chi connectivity index (χ2v) is 8.49. The Bertz CT molecular complexity index is 1330. The van der Waals surface area contributed by atoms with Crippen molar-refractivity contribution in [3.05, 3.63) is 82.6 Å². The van der Waals surface area contributed by atoms with E-state index >= 15 is 0 Å². The summed E-state index contributed by atoms with van der Waals surface area (Å²) in [4.78, 5) is 50.9. The van der Waals surface area contributed by atoms with Crippen molar-refractivity contribution in [3.63, 3.8) is 0 Å². The van der Waals surface area contributed by atoms with Crippen LogP contribution in [0.1, 0.15) is 52.8 Å². The van der Waals surface area contributed by atoms with E-state index in [1.165, 1.54) is 12.3 Å². The summed E-state index contributed by atoms with van der Waals surface area (Å²) >= 11 is 0. The van der Waals surface area contributed by atoms with E-state index in [9.17, 15) is 19.2 Å². The summed E-state index contributed by atoms with van der Waals surface area (Å²) in [5.74, 6) is -1.40. The Balaban J connectivity index is 1.59. The molecule has 4 amide bonds. The van der Waals surface area contributed by atoms with E-state index in [0.29, 0.717) is 23.5 Å². The van der Waals surface area contributed by atoms with E-state index in [1.807, 2.05) is 43.5 Å². The van der Waals surface area contributed by atoms with Crippen molar-refractivity contribution >= 4 is 29.9 Å². The Hall–Kier alpha value is -4.40. The van der Waals surface area contributed by atoms with Crippen LogP contribution in [0.3, 0.4) is 0 Å². The first-order valence-corrected chi connectivity index (χ1v) is 11.7. The van der Waals surface area contributed by atoms with Crippen LogP contribution < -0.4 is 5.32 Å². The van der Waals surface area contributed by atoms with Crippen LogP contribution in [0.15, 0.2) is 58.7 Å². The molecule has 3 aromatic rings. The second-order valence-electron chi connectivity index (χ2n) is 8.49. The van der Waals surface area contributed by atoms with E-state index in [-0.39, 0.29) is 18.1 Å². The smallest absolute Gasteiger partial charge is 0.338 e. The van der Waals surface area contributed by atoms with E-state index < -0.39 is 17.8 Å². The third kappa shape index (κ3) is 5.00. The number of nitrogens with one attached hydrogen (secondary N) is 1. The van der Waals surface area contributed by atoms with Gasteiger partial charge in [0.2, 0.25) is 0 Å². The van der Waals surface area contributed by atoms with E-state index in [2.05, 4.69) is 5.32 Å². The number of aryl methyl sites for hydroxylation is 1. The van der Waals surface area contributed by atoms with Crippen molar-refractivity contribution in [2.24, 2.45) is 0 Å². The number of barbiturate groups is 1. The molecule has 0 spiro atoms. The van der Waals surface area contributed by atoms with Gasteiger partial charge in [0.25, 0.3) is 11.8 Å². The normalized spacial score (nSPS) is 14.9. The van der Waals surface area contributed by atoms with Crippen LogP contribution in [0.25, 0.3) is 11.8 Å². The highest BCUT2D eigenvalue weighted by atomic mass is 16.5. The van der Waals surface area contributed by atoms with Crippen molar-refractivity contribution in [2.45, 2.75) is 40.2 Å². The van der Waals surface area contributed by atoms with Gasteiger partial charge in [0.15, 0.2) is 0 Å². The number of unbranched alkanes of at least 4 members (excludes halogenated alkanes) is 1. The van der Waals surface area contributed by atoms with E-state index in [4.69, 9.17) is 9.15 Å². The van der Waals surface area contributed by atoms with Gasteiger partial charge in [-0.3, -0.25) is 19.8 Å². The van der Waals surface area contributed by atoms with Crippen LogP contribution >= 0.6 is 0 Å². The third-order valence-electron chi connectivity index (χ3n) is 5.94. The maximum atomic E-state index is 13.0. The Labute approximate surface area is 208 Å². The van der Waals surface area contributed by atoms with Crippen molar-refractivity contribution in [1.29, 1.82) is 0 Å². The zero-order valence-corrected chi connectivity index (χ0v) is 20.4. The van der Waals surface area contributed by atoms with Gasteiger partial charge in [-0.05, 0) is 74.4 Å². The summed E-state index contributed by atoms with van der Waals surface area (Å²) in [5.41, 5.74) is 3.44. The molecule has 0 aliphatic carbocycles. The molecule has 0 unspecified atom stereocenters. The fourth-order valence-electron chi connectivity index (χ4n) is 4.02. The molecular weight excluding hydrogens is 462 g/mol. The molecule has 2 aromatic heterocycles. The summed E-state index contributed by atoms with van der Waals surface area (Å²) in [6, 6.07) is 11.4. The van der Waals surface area contributed by atoms with Crippen molar-refractivity contribution < 1.29 is 28.3 Å². The lowest BCUT2D eigenvalue weighted by molar-refractivity contribution is -0.130. The van der Waals surface area contributed by atoms with Gasteiger partial charge in [-0.15, -0.1) is 0 Å². The number of urea groups is 1. The molecule has 0 saturated carbocycles. The van der Waals surface area contributed by atoms with Crippen molar-refractivity contribution in [1.82, 2.24) is 14.8 Å². The summed E-state index contributed by atoms with van der Waals surface area (Å²) in [6.07, 6.45) is 4.69. The Morgan fingerprint density at radius 1 is 1.11 bits per heavy atom. The molecule has 1 saturated heterocycles. The van der Waals surface area contributed by atoms with Gasteiger partial charge in [-0.2, -0.15) is 0 Å². The molecule has 1 fully saturated rings. The number of hydrogen-bond donors (Lipinski definition) is 1. The average Bonchev–Trinajstić information content (AvgIpc) is 3.47. The number of rotatable bonds is 8. The summed E-state index contributed by atoms with van der Waals surface area (Å²) in [5, 5.41) is 2.22. The molecule has 186 valence electrons. The van der Waals surface area contributed by atoms with Gasteiger partial charge in [-0.25, -0.2) is 9.59 Å². The molecule has 9 heteroatoms. The number of aromatic nitrogens is 1. The number of hydrogen-bond acceptors (Lipinski definition) is 6. The lowest BCUT2D eigenvalue weighted by Gasteiger charge is -2.25. The van der Waals surface area contributed by atoms with Gasteiger partial charge in [0.05, 0.1) is 25.0 Å². The summed E-state index contributed by atoms with van der Waals surface area (Å²) < 4.78 is 12.5. The van der Waals surface area contributed by atoms with Crippen LogP contribution in [0.2, 0.25) is 0 Å². The molecule has 0 bridgehead atoms. The molecule has 0 atom stereocenters. The van der Waals surface area contributed by atoms with Gasteiger partial charge < -0.3 is 13.7 Å². The van der Waals surface area contributed by atoms with Gasteiger partial charge in [0.1, 0.15) is 11.3 Å². The average molecular weight is 490 g/mol. The fourth-order valence-corrected chi connectivity index (χ4v) is 4.02. The van der Waals surface area contributed by atoms with Gasteiger partial charge >= 0.3 is 12.0 Å². The minimum Gasteiger partial charge on any atom is -0.467 e. The highest BCUT2D eigenvalue weighted by Gasteiger charge is 2.36. The molecule has 1 aliphatic heterocycles. The largest absolute Gasteiger partial charge is 0.467 e. The summed E-state index contributed by atoms with van der Waals surface area (Å²) in [6.45, 7) is 6.10. The van der Waals surface area contributed by atoms with E-state index in [1.54, 1.807) is 24.3 Å². The third-order valence-corrected chi connectivity index (χ3v) is 5.94. The SMILES string of the molecule is CCCCOC(=O)c1ccc(-n2c(C)cc(C=C3C(=O)NC(=O)N(Cc4ccco4)C3=O)c2C)cc1. The second kappa shape index (κ2) is 10.5. The number of esters is 1. The van der Waals surface area contributed by atoms with Crippen LogP contribution in [-0.4, -0.2) is 39.9 Å². The minimum atomic E-state index is -0.794. The van der Waals surface area contributed by atoms with Crippen molar-refractivity contribution in [2.75, 3.05) is 6.61 Å². The highest BCUT2D eigenvalue weighted by Crippen LogP contribution is 2.25. The van der Waals surface area contributed by atoms with Gasteiger partial charge in [0, 0.05) is 17.1 Å². The first kappa shape index (κ1) is 24.7. The first-order valence-electron chi connectivity index (χ1n) is 11.7. The van der Waals surface area contributed by atoms with Crippen LogP contribution in [-0.2, 0) is 20.9 Å². The minimum absolute atomic E-state index is 0.0888. The molecule has 9 nitrogen and oxygen atoms in total. The quantitative estimate of drug-likeness (QED) is 0.219. The number of amides is 4. The number of furan rings is 1. The Kier molecular flexibility index (Phi) is 7.19. The molecule has 1 N–H and O–H groups in total. The zero-order chi connectivity index (χ0) is 25.8. The van der Waals surface area contributed by atoms with E-state index in [0.717, 1.165) is 34.8 Å². The molecule has 4 rings (SSSR count). The van der Waals surface area contributed by atoms with Crippen LogP contribution in [0.4, 0.5) is 4.79 Å². The highest BCUT2D eigenvalue weighted by molar-refractivity contribution is 6.31. The maximum absolute atomic E-state index is 13.0. The zero-order valence-electron chi connectivity index (χ0n) is 20.4. The standard InChI is InChI=1S/C27H27N3O6/c1-4-5-12-36-26(33)19-8-10-21(11-9-19)30-17(2)14-20(18(30)3)15-23-24(31)28-27(34)29(25(23)32)16-22-7-6-13-35-22/h6-11,13-15H,4-5,12,16H2,1-3H3,(H,28,31,34). The number of carbonyl (C=O) groups is 4. The summed E-state index contributed by atoms with van der Waals surface area (Å²) in [7, 11) is 0. The number of benzene rings is 1. The molecule has 1 aromatic carbocycles. The Morgan fingerprint density at radius 3 is 2.53 bits per heavy atom. The molecule has 0 radical (unpaired) electrons. The molecule has 1 aliphatic rings. The predicted molar refractivity (Wildman–Crippen MR) is 131 cm³/mol. The fraction of sp³-hybridized carbons (Fsp3) is 0.259. The number of ether oxygens (including phenoxy) is 1.